The molecule has 0 bridgehead atoms. The van der Waals surface area contributed by atoms with Crippen molar-refractivity contribution in [2.45, 2.75) is 168 Å². The second-order valence-corrected chi connectivity index (χ2v) is 36.5. The predicted molar refractivity (Wildman–Crippen MR) is 443 cm³/mol. The third-order valence-electron chi connectivity index (χ3n) is 24.4. The van der Waals surface area contributed by atoms with Crippen molar-refractivity contribution in [3.63, 3.8) is 0 Å². The van der Waals surface area contributed by atoms with E-state index in [1.54, 1.807) is 0 Å². The molecule has 510 valence electrons. The van der Waals surface area contributed by atoms with Crippen molar-refractivity contribution in [2.75, 3.05) is 9.80 Å². The molecule has 14 aromatic rings. The summed E-state index contributed by atoms with van der Waals surface area (Å²) >= 11 is 0. The van der Waals surface area contributed by atoms with Gasteiger partial charge in [-0.1, -0.05) is 269 Å². The molecule has 0 unspecified atom stereocenters. The lowest BCUT2D eigenvalue weighted by Gasteiger charge is -2.44. The van der Waals surface area contributed by atoms with Gasteiger partial charge in [0.1, 0.15) is 0 Å². The maximum absolute atomic E-state index is 2.64. The van der Waals surface area contributed by atoms with Crippen LogP contribution in [0.3, 0.4) is 0 Å². The minimum Gasteiger partial charge on any atom is -0.311 e. The molecule has 4 aliphatic rings. The quantitative estimate of drug-likeness (QED) is 0.148. The van der Waals surface area contributed by atoms with E-state index in [1.807, 2.05) is 0 Å². The fourth-order valence-electron chi connectivity index (χ4n) is 19.5. The van der Waals surface area contributed by atoms with Crippen LogP contribution in [0.2, 0.25) is 0 Å². The van der Waals surface area contributed by atoms with Crippen molar-refractivity contribution in [3.8, 4) is 44.8 Å². The Morgan fingerprint density at radius 3 is 1.07 bits per heavy atom. The highest BCUT2D eigenvalue weighted by molar-refractivity contribution is 7.00. The molecule has 0 saturated carbocycles. The molecular formula is C98H95BN4. The molecule has 12 aromatic carbocycles. The van der Waals surface area contributed by atoms with Crippen molar-refractivity contribution in [1.29, 1.82) is 0 Å². The summed E-state index contributed by atoms with van der Waals surface area (Å²) in [6.07, 6.45) is 2.26. The van der Waals surface area contributed by atoms with Crippen LogP contribution in [0.4, 0.5) is 34.1 Å². The van der Waals surface area contributed by atoms with Crippen LogP contribution in [0.25, 0.3) is 88.4 Å². The third kappa shape index (κ3) is 10.2. The number of fused-ring (bicyclic) bond motifs is 12. The first-order chi connectivity index (χ1) is 48.9. The molecule has 4 heterocycles. The second kappa shape index (κ2) is 22.2. The van der Waals surface area contributed by atoms with Gasteiger partial charge in [0.05, 0.1) is 27.8 Å². The summed E-state index contributed by atoms with van der Waals surface area (Å²) in [5, 5.41) is 5.03. The highest BCUT2D eigenvalue weighted by atomic mass is 15.2. The molecular weight excluding hydrogens is 1240 g/mol. The van der Waals surface area contributed by atoms with Crippen LogP contribution >= 0.6 is 0 Å². The van der Waals surface area contributed by atoms with Gasteiger partial charge in [0.25, 0.3) is 6.71 Å². The minimum atomic E-state index is -0.153. The van der Waals surface area contributed by atoms with Crippen LogP contribution in [-0.4, -0.2) is 15.8 Å². The lowest BCUT2D eigenvalue weighted by Crippen LogP contribution is -2.61. The van der Waals surface area contributed by atoms with Gasteiger partial charge in [-0.2, -0.15) is 0 Å². The molecule has 0 radical (unpaired) electrons. The van der Waals surface area contributed by atoms with Gasteiger partial charge in [-0.3, -0.25) is 0 Å². The molecule has 2 aliphatic heterocycles. The second-order valence-electron chi connectivity index (χ2n) is 36.5. The van der Waals surface area contributed by atoms with Crippen molar-refractivity contribution in [3.05, 3.63) is 282 Å². The number of aromatic nitrogens is 2. The lowest BCUT2D eigenvalue weighted by molar-refractivity contribution is 0.402. The Hall–Kier alpha value is -10.1. The average molecular weight is 1340 g/mol. The summed E-state index contributed by atoms with van der Waals surface area (Å²) in [4.78, 5) is 5.27. The van der Waals surface area contributed by atoms with Gasteiger partial charge in [-0.15, -0.1) is 0 Å². The number of rotatable bonds is 7. The van der Waals surface area contributed by atoms with Crippen molar-refractivity contribution >= 4 is 101 Å². The summed E-state index contributed by atoms with van der Waals surface area (Å²) in [6, 6.07) is 95.4. The lowest BCUT2D eigenvalue weighted by atomic mass is 9.33. The maximum atomic E-state index is 2.64. The van der Waals surface area contributed by atoms with Gasteiger partial charge >= 0.3 is 0 Å². The number of nitrogens with zero attached hydrogens (tertiary/aromatic N) is 4. The van der Waals surface area contributed by atoms with Crippen molar-refractivity contribution < 1.29 is 0 Å². The topological polar surface area (TPSA) is 16.3 Å². The Morgan fingerprint density at radius 1 is 0.272 bits per heavy atom. The molecule has 5 heteroatoms. The van der Waals surface area contributed by atoms with E-state index in [4.69, 9.17) is 0 Å². The first-order valence-electron chi connectivity index (χ1n) is 37.7. The zero-order valence-corrected chi connectivity index (χ0v) is 63.4. The van der Waals surface area contributed by atoms with Crippen LogP contribution in [0, 0.1) is 0 Å². The summed E-state index contributed by atoms with van der Waals surface area (Å²) < 4.78 is 5.09. The summed E-state index contributed by atoms with van der Waals surface area (Å²) in [7, 11) is 0. The Bertz CT molecular complexity index is 5740. The molecule has 0 atom stereocenters. The number of benzene rings is 12. The van der Waals surface area contributed by atoms with E-state index in [9.17, 15) is 0 Å². The number of para-hydroxylation sites is 2. The molecule has 103 heavy (non-hydrogen) atoms. The normalized spacial score (nSPS) is 16.2. The van der Waals surface area contributed by atoms with E-state index in [0.717, 1.165) is 52.7 Å². The zero-order valence-electron chi connectivity index (χ0n) is 63.4. The van der Waals surface area contributed by atoms with Crippen molar-refractivity contribution in [1.82, 2.24) is 9.13 Å². The smallest absolute Gasteiger partial charge is 0.252 e. The number of hydrogen-bond acceptors (Lipinski definition) is 2. The highest BCUT2D eigenvalue weighted by Gasteiger charge is 2.46. The Labute approximate surface area is 610 Å². The zero-order chi connectivity index (χ0) is 71.6. The van der Waals surface area contributed by atoms with Crippen LogP contribution in [0.15, 0.2) is 243 Å². The molecule has 0 spiro atoms. The molecule has 0 saturated heterocycles. The number of hydrogen-bond donors (Lipinski definition) is 0. The summed E-state index contributed by atoms with van der Waals surface area (Å²) in [6.45, 7) is 40.1. The van der Waals surface area contributed by atoms with E-state index < -0.39 is 0 Å². The van der Waals surface area contributed by atoms with E-state index in [2.05, 4.69) is 379 Å². The number of anilines is 6. The fraction of sp³-hybridized carbons (Fsp3) is 0.265. The van der Waals surface area contributed by atoms with Gasteiger partial charge in [0.15, 0.2) is 0 Å². The van der Waals surface area contributed by atoms with Crippen molar-refractivity contribution in [2.24, 2.45) is 0 Å². The third-order valence-corrected chi connectivity index (χ3v) is 24.4. The fourth-order valence-corrected chi connectivity index (χ4v) is 19.5. The molecule has 18 rings (SSSR count). The minimum absolute atomic E-state index is 0.0215. The molecule has 2 aromatic heterocycles. The predicted octanol–water partition coefficient (Wildman–Crippen LogP) is 24.8. The standard InChI is InChI=1S/C98H95BN4/c1-92(2,3)66-35-26-60(27-36-66)65-34-46-81-87(52-65)100(69-39-28-61(29-40-69)63-32-44-77-79(50-63)97(14,15)58-95(77,10)11)89-56-72(103-83-24-20-18-22-73(83)74-23-19-21-25-84(74)103)57-90-91(89)99(81)82-47-43-71(102-85-48-37-67(93(4,5)6)53-75(85)76-54-68(94(7,8)9)38-49-86(76)102)55-88(82)101(90)70-41-30-62(31-42-70)64-33-45-78-80(51-64)98(16,17)59-96(78,12)13/h18-57H,58-59H2,1-17H3. The van der Waals surface area contributed by atoms with Gasteiger partial charge < -0.3 is 18.9 Å². The molecule has 0 fully saturated rings. The van der Waals surface area contributed by atoms with E-state index in [1.165, 1.54) is 138 Å². The Morgan fingerprint density at radius 2 is 0.612 bits per heavy atom. The maximum Gasteiger partial charge on any atom is 0.252 e. The largest absolute Gasteiger partial charge is 0.311 e. The molecule has 0 N–H and O–H groups in total. The van der Waals surface area contributed by atoms with E-state index >= 15 is 0 Å². The Balaban J connectivity index is 0.919. The SMILES string of the molecule is CC(C)(C)c1ccc(-c2ccc3c(c2)N(c2ccc(-c4ccc5c(c4)C(C)(C)CC5(C)C)cc2)c2cc(-n4c5ccccc5c5ccccc54)cc4c2B3c2ccc(-n3c5ccc(C(C)(C)C)cc5c5cc(C(C)(C)C)ccc53)cc2N4c2ccc(-c3ccc4c(c3)C(C)(C)CC4(C)C)cc2)cc1. The molecule has 4 nitrogen and oxygen atoms in total. The summed E-state index contributed by atoms with van der Waals surface area (Å²) in [5.74, 6) is 0. The molecule has 2 aliphatic carbocycles. The van der Waals surface area contributed by atoms with E-state index in [-0.39, 0.29) is 44.6 Å². The first-order valence-corrected chi connectivity index (χ1v) is 37.7. The van der Waals surface area contributed by atoms with Crippen LogP contribution in [0.5, 0.6) is 0 Å². The van der Waals surface area contributed by atoms with Crippen LogP contribution in [-0.2, 0) is 37.9 Å². The van der Waals surface area contributed by atoms with E-state index in [0.29, 0.717) is 0 Å². The van der Waals surface area contributed by atoms with Crippen LogP contribution < -0.4 is 26.2 Å². The van der Waals surface area contributed by atoms with Gasteiger partial charge in [-0.25, -0.2) is 0 Å². The average Bonchev–Trinajstić information content (AvgIpc) is 1.49. The first kappa shape index (κ1) is 65.0. The Kier molecular flexibility index (Phi) is 14.0. The van der Waals surface area contributed by atoms with Crippen LogP contribution in [0.1, 0.15) is 169 Å². The van der Waals surface area contributed by atoms with Gasteiger partial charge in [0, 0.05) is 61.4 Å². The monoisotopic (exact) mass is 1340 g/mol. The van der Waals surface area contributed by atoms with Gasteiger partial charge in [-0.05, 0) is 230 Å². The molecule has 0 amide bonds. The highest BCUT2D eigenvalue weighted by Crippen LogP contribution is 2.54. The van der Waals surface area contributed by atoms with Gasteiger partial charge in [0.2, 0.25) is 0 Å². The summed E-state index contributed by atoms with van der Waals surface area (Å²) in [5.41, 5.74) is 35.2.